The largest absolute Gasteiger partial charge is 0.335 e. The van der Waals surface area contributed by atoms with Crippen molar-refractivity contribution in [3.05, 3.63) is 59.7 Å². The summed E-state index contributed by atoms with van der Waals surface area (Å²) in [4.78, 5) is 30.0. The molecule has 1 aliphatic heterocycles. The van der Waals surface area contributed by atoms with E-state index in [1.54, 1.807) is 11.0 Å². The molecule has 6 nitrogen and oxygen atoms in total. The second-order valence-electron chi connectivity index (χ2n) is 8.04. The molecular weight excluding hydrogens is 388 g/mol. The summed E-state index contributed by atoms with van der Waals surface area (Å²) in [5.74, 6) is 0.0379. The summed E-state index contributed by atoms with van der Waals surface area (Å²) in [6.07, 6.45) is 1.96. The minimum absolute atomic E-state index is 0.0379. The highest BCUT2D eigenvalue weighted by Crippen LogP contribution is 2.21. The lowest BCUT2D eigenvalue weighted by molar-refractivity contribution is -0.133. The van der Waals surface area contributed by atoms with E-state index in [1.165, 1.54) is 0 Å². The predicted molar refractivity (Wildman–Crippen MR) is 121 cm³/mol. The smallest absolute Gasteiger partial charge is 0.224 e. The number of hydrogen-bond acceptors (Lipinski definition) is 5. The average Bonchev–Trinajstić information content (AvgIpc) is 2.81. The fourth-order valence-electron chi connectivity index (χ4n) is 3.79. The standard InChI is InChI=1S/C25H30N4O2/c1-27-13-15-28(16-14-27)11-10-25(31)29(17-18-30)12-9-21-5-7-23(8-6-21)24-4-2-3-22(19-24)20-26/h2-8,18-19H,9-17H2,1H3. The van der Waals surface area contributed by atoms with Gasteiger partial charge in [0.25, 0.3) is 0 Å². The molecule has 0 aromatic heterocycles. The minimum Gasteiger partial charge on any atom is -0.335 e. The van der Waals surface area contributed by atoms with Gasteiger partial charge in [0.05, 0.1) is 18.2 Å². The summed E-state index contributed by atoms with van der Waals surface area (Å²) < 4.78 is 0. The zero-order valence-electron chi connectivity index (χ0n) is 18.2. The lowest BCUT2D eigenvalue weighted by atomic mass is 10.0. The summed E-state index contributed by atoms with van der Waals surface area (Å²) in [7, 11) is 2.12. The molecule has 162 valence electrons. The second-order valence-corrected chi connectivity index (χ2v) is 8.04. The van der Waals surface area contributed by atoms with Gasteiger partial charge in [0.1, 0.15) is 6.29 Å². The summed E-state index contributed by atoms with van der Waals surface area (Å²) >= 11 is 0. The highest BCUT2D eigenvalue weighted by atomic mass is 16.2. The molecule has 0 atom stereocenters. The maximum absolute atomic E-state index is 12.7. The third-order valence-electron chi connectivity index (χ3n) is 5.83. The number of benzene rings is 2. The van der Waals surface area contributed by atoms with Gasteiger partial charge >= 0.3 is 0 Å². The predicted octanol–water partition coefficient (Wildman–Crippen LogP) is 2.43. The third kappa shape index (κ3) is 6.74. The average molecular weight is 419 g/mol. The number of aldehydes is 1. The van der Waals surface area contributed by atoms with Gasteiger partial charge in [0.2, 0.25) is 5.91 Å². The summed E-state index contributed by atoms with van der Waals surface area (Å²) in [5, 5.41) is 9.07. The first kappa shape index (κ1) is 22.7. The van der Waals surface area contributed by atoms with Crippen molar-refractivity contribution >= 4 is 12.2 Å². The highest BCUT2D eigenvalue weighted by Gasteiger charge is 2.17. The van der Waals surface area contributed by atoms with E-state index in [1.807, 2.05) is 42.5 Å². The molecule has 1 fully saturated rings. The van der Waals surface area contributed by atoms with Crippen molar-refractivity contribution in [2.75, 3.05) is 52.9 Å². The van der Waals surface area contributed by atoms with Crippen molar-refractivity contribution in [3.63, 3.8) is 0 Å². The van der Waals surface area contributed by atoms with Gasteiger partial charge in [-0.3, -0.25) is 4.79 Å². The fraction of sp³-hybridized carbons (Fsp3) is 0.400. The van der Waals surface area contributed by atoms with Gasteiger partial charge in [-0.25, -0.2) is 0 Å². The van der Waals surface area contributed by atoms with Crippen LogP contribution < -0.4 is 0 Å². The molecule has 0 saturated carbocycles. The Bertz CT molecular complexity index is 912. The molecule has 0 spiro atoms. The zero-order valence-corrected chi connectivity index (χ0v) is 18.2. The van der Waals surface area contributed by atoms with Crippen LogP contribution in [0.1, 0.15) is 17.5 Å². The van der Waals surface area contributed by atoms with Gasteiger partial charge in [0.15, 0.2) is 0 Å². The quantitative estimate of drug-likeness (QED) is 0.585. The van der Waals surface area contributed by atoms with Crippen LogP contribution in [0.25, 0.3) is 11.1 Å². The molecule has 0 N–H and O–H groups in total. The van der Waals surface area contributed by atoms with Crippen molar-refractivity contribution in [2.45, 2.75) is 12.8 Å². The topological polar surface area (TPSA) is 67.7 Å². The number of hydrogen-bond donors (Lipinski definition) is 0. The second kappa shape index (κ2) is 11.4. The maximum Gasteiger partial charge on any atom is 0.224 e. The van der Waals surface area contributed by atoms with Crippen molar-refractivity contribution in [3.8, 4) is 17.2 Å². The van der Waals surface area contributed by atoms with Crippen LogP contribution in [0.5, 0.6) is 0 Å². The number of amides is 1. The first-order valence-electron chi connectivity index (χ1n) is 10.8. The van der Waals surface area contributed by atoms with Gasteiger partial charge in [-0.1, -0.05) is 36.4 Å². The molecule has 1 heterocycles. The molecular formula is C25H30N4O2. The number of nitrogens with zero attached hydrogens (tertiary/aromatic N) is 4. The van der Waals surface area contributed by atoms with Crippen LogP contribution in [0.2, 0.25) is 0 Å². The van der Waals surface area contributed by atoms with Gasteiger partial charge < -0.3 is 19.5 Å². The van der Waals surface area contributed by atoms with Crippen LogP contribution in [0, 0.1) is 11.3 Å². The van der Waals surface area contributed by atoms with Crippen molar-refractivity contribution in [1.29, 1.82) is 5.26 Å². The van der Waals surface area contributed by atoms with E-state index < -0.39 is 0 Å². The molecule has 1 saturated heterocycles. The van der Waals surface area contributed by atoms with E-state index in [4.69, 9.17) is 5.26 Å². The lowest BCUT2D eigenvalue weighted by Gasteiger charge is -2.32. The number of carbonyl (C=O) groups excluding carboxylic acids is 2. The van der Waals surface area contributed by atoms with E-state index in [-0.39, 0.29) is 12.5 Å². The first-order chi connectivity index (χ1) is 15.1. The summed E-state index contributed by atoms with van der Waals surface area (Å²) in [6, 6.07) is 17.9. The van der Waals surface area contributed by atoms with Crippen molar-refractivity contribution in [1.82, 2.24) is 14.7 Å². The molecule has 0 unspecified atom stereocenters. The Morgan fingerprint density at radius 1 is 1.10 bits per heavy atom. The Kier molecular flexibility index (Phi) is 8.34. The number of carbonyl (C=O) groups is 2. The van der Waals surface area contributed by atoms with Gasteiger partial charge in [-0.05, 0) is 42.3 Å². The van der Waals surface area contributed by atoms with E-state index >= 15 is 0 Å². The van der Waals surface area contributed by atoms with Crippen molar-refractivity contribution < 1.29 is 9.59 Å². The third-order valence-corrected chi connectivity index (χ3v) is 5.83. The monoisotopic (exact) mass is 418 g/mol. The normalized spacial score (nSPS) is 14.7. The van der Waals surface area contributed by atoms with Crippen LogP contribution in [-0.2, 0) is 16.0 Å². The van der Waals surface area contributed by atoms with E-state index in [0.717, 1.165) is 55.7 Å². The Morgan fingerprint density at radius 3 is 2.52 bits per heavy atom. The lowest BCUT2D eigenvalue weighted by Crippen LogP contribution is -2.46. The summed E-state index contributed by atoms with van der Waals surface area (Å²) in [6.45, 7) is 5.46. The molecule has 1 amide bonds. The number of likely N-dealkylation sites (N-methyl/N-ethyl adjacent to an activating group) is 1. The van der Waals surface area contributed by atoms with Crippen LogP contribution in [-0.4, -0.2) is 79.8 Å². The SMILES string of the molecule is CN1CCN(CCC(=O)N(CC=O)CCc2ccc(-c3cccc(C#N)c3)cc2)CC1. The molecule has 31 heavy (non-hydrogen) atoms. The number of piperazine rings is 1. The minimum atomic E-state index is 0.0379. The molecule has 2 aromatic rings. The Hall–Kier alpha value is -3.01. The molecule has 3 rings (SSSR count). The van der Waals surface area contributed by atoms with Crippen LogP contribution in [0.3, 0.4) is 0 Å². The zero-order chi connectivity index (χ0) is 22.1. The molecule has 6 heteroatoms. The van der Waals surface area contributed by atoms with Crippen LogP contribution in [0.15, 0.2) is 48.5 Å². The van der Waals surface area contributed by atoms with Crippen LogP contribution >= 0.6 is 0 Å². The maximum atomic E-state index is 12.7. The fourth-order valence-corrected chi connectivity index (χ4v) is 3.79. The number of rotatable bonds is 9. The van der Waals surface area contributed by atoms with Gasteiger partial charge in [0, 0.05) is 45.7 Å². The summed E-state index contributed by atoms with van der Waals surface area (Å²) in [5.41, 5.74) is 3.81. The molecule has 0 radical (unpaired) electrons. The van der Waals surface area contributed by atoms with Crippen molar-refractivity contribution in [2.24, 2.45) is 0 Å². The molecule has 2 aromatic carbocycles. The van der Waals surface area contributed by atoms with E-state index in [2.05, 4.69) is 22.9 Å². The molecule has 1 aliphatic rings. The highest BCUT2D eigenvalue weighted by molar-refractivity contribution is 5.78. The Balaban J connectivity index is 1.52. The van der Waals surface area contributed by atoms with E-state index in [9.17, 15) is 9.59 Å². The van der Waals surface area contributed by atoms with Gasteiger partial charge in [-0.15, -0.1) is 0 Å². The first-order valence-corrected chi connectivity index (χ1v) is 10.8. The Morgan fingerprint density at radius 2 is 1.84 bits per heavy atom. The Labute approximate surface area is 184 Å². The van der Waals surface area contributed by atoms with E-state index in [0.29, 0.717) is 24.9 Å². The van der Waals surface area contributed by atoms with Gasteiger partial charge in [-0.2, -0.15) is 5.26 Å². The molecule has 0 bridgehead atoms. The number of nitriles is 1. The van der Waals surface area contributed by atoms with Crippen LogP contribution in [0.4, 0.5) is 0 Å². The molecule has 0 aliphatic carbocycles.